The van der Waals surface area contributed by atoms with Crippen LogP contribution in [-0.4, -0.2) is 25.8 Å². The smallest absolute Gasteiger partial charge is 0.258 e. The maximum Gasteiger partial charge on any atom is 0.274 e. The summed E-state index contributed by atoms with van der Waals surface area (Å²) in [6, 6.07) is 3.32. The number of alkyl halides is 1. The Hall–Kier alpha value is -2.02. The van der Waals surface area contributed by atoms with Crippen LogP contribution in [0.1, 0.15) is 11.3 Å². The molecule has 0 radical (unpaired) electrons. The number of nitro benzene ring substituents is 1. The van der Waals surface area contributed by atoms with E-state index in [1.807, 2.05) is 0 Å². The largest absolute Gasteiger partial charge is 0.274 e. The van der Waals surface area contributed by atoms with Crippen molar-refractivity contribution < 1.29 is 9.31 Å². The van der Waals surface area contributed by atoms with Gasteiger partial charge < -0.3 is 0 Å². The van der Waals surface area contributed by atoms with E-state index < -0.39 is 10.7 Å². The molecule has 0 saturated heterocycles. The number of hydrogen-bond acceptors (Lipinski definition) is 4. The predicted octanol–water partition coefficient (Wildman–Crippen LogP) is 2.15. The average Bonchev–Trinajstić information content (AvgIpc) is 2.77. The van der Waals surface area contributed by atoms with Gasteiger partial charge in [-0.05, 0) is 12.1 Å². The molecule has 0 N–H and O–H groups in total. The number of halogens is 2. The van der Waals surface area contributed by atoms with Gasteiger partial charge >= 0.3 is 0 Å². The average molecular weight is 285 g/mol. The summed E-state index contributed by atoms with van der Waals surface area (Å²) in [7, 11) is 0. The molecule has 0 saturated carbocycles. The summed E-state index contributed by atoms with van der Waals surface area (Å²) in [4.78, 5) is 10.3. The Labute approximate surface area is 113 Å². The third kappa shape index (κ3) is 3.25. The van der Waals surface area contributed by atoms with Crippen molar-refractivity contribution in [2.45, 2.75) is 13.0 Å². The first-order valence-electron chi connectivity index (χ1n) is 5.48. The molecular weight excluding hydrogens is 275 g/mol. The van der Waals surface area contributed by atoms with Crippen molar-refractivity contribution in [2.75, 3.05) is 5.88 Å². The van der Waals surface area contributed by atoms with Crippen LogP contribution in [-0.2, 0) is 13.0 Å². The van der Waals surface area contributed by atoms with Crippen LogP contribution in [0.5, 0.6) is 0 Å². The summed E-state index contributed by atoms with van der Waals surface area (Å²) in [5.74, 6) is -0.111. The van der Waals surface area contributed by atoms with Crippen LogP contribution in [0.15, 0.2) is 24.4 Å². The minimum absolute atomic E-state index is 0.0867. The van der Waals surface area contributed by atoms with Crippen LogP contribution in [0.25, 0.3) is 0 Å². The van der Waals surface area contributed by atoms with Crippen molar-refractivity contribution in [1.82, 2.24) is 15.0 Å². The van der Waals surface area contributed by atoms with E-state index in [-0.39, 0.29) is 17.8 Å². The van der Waals surface area contributed by atoms with Gasteiger partial charge in [0.05, 0.1) is 22.7 Å². The number of hydrogen-bond donors (Lipinski definition) is 0. The van der Waals surface area contributed by atoms with Crippen molar-refractivity contribution in [3.8, 4) is 0 Å². The third-order valence-electron chi connectivity index (χ3n) is 2.51. The number of aromatic nitrogens is 3. The van der Waals surface area contributed by atoms with E-state index in [0.717, 1.165) is 18.2 Å². The van der Waals surface area contributed by atoms with E-state index in [4.69, 9.17) is 11.6 Å². The molecule has 0 unspecified atom stereocenters. The fourth-order valence-corrected chi connectivity index (χ4v) is 1.85. The minimum Gasteiger partial charge on any atom is -0.258 e. The quantitative estimate of drug-likeness (QED) is 0.479. The molecule has 0 amide bonds. The highest BCUT2D eigenvalue weighted by molar-refractivity contribution is 6.17. The van der Waals surface area contributed by atoms with Crippen LogP contribution in [0, 0.1) is 15.9 Å². The maximum absolute atomic E-state index is 13.2. The number of benzene rings is 1. The number of aryl methyl sites for hydroxylation is 1. The summed E-state index contributed by atoms with van der Waals surface area (Å²) in [6.45, 7) is 0.0867. The first-order chi connectivity index (χ1) is 9.10. The molecule has 2 aromatic rings. The van der Waals surface area contributed by atoms with E-state index >= 15 is 0 Å². The van der Waals surface area contributed by atoms with Gasteiger partial charge in [-0.25, -0.2) is 9.07 Å². The summed E-state index contributed by atoms with van der Waals surface area (Å²) in [5, 5.41) is 18.5. The van der Waals surface area contributed by atoms with Crippen LogP contribution in [0.3, 0.4) is 0 Å². The van der Waals surface area contributed by atoms with Gasteiger partial charge in [0, 0.05) is 24.6 Å². The topological polar surface area (TPSA) is 73.8 Å². The highest BCUT2D eigenvalue weighted by Crippen LogP contribution is 2.20. The Morgan fingerprint density at radius 3 is 2.95 bits per heavy atom. The minimum atomic E-state index is -0.550. The van der Waals surface area contributed by atoms with Gasteiger partial charge in [-0.1, -0.05) is 5.21 Å². The van der Waals surface area contributed by atoms with E-state index in [0.29, 0.717) is 18.0 Å². The summed E-state index contributed by atoms with van der Waals surface area (Å²) < 4.78 is 14.6. The number of nitrogens with zero attached hydrogens (tertiary/aromatic N) is 4. The Morgan fingerprint density at radius 1 is 1.47 bits per heavy atom. The van der Waals surface area contributed by atoms with Gasteiger partial charge in [-0.15, -0.1) is 16.7 Å². The highest BCUT2D eigenvalue weighted by Gasteiger charge is 2.15. The van der Waals surface area contributed by atoms with Crippen molar-refractivity contribution in [2.24, 2.45) is 0 Å². The molecule has 1 aromatic heterocycles. The van der Waals surface area contributed by atoms with Crippen LogP contribution < -0.4 is 0 Å². The van der Waals surface area contributed by atoms with E-state index in [9.17, 15) is 14.5 Å². The lowest BCUT2D eigenvalue weighted by atomic mass is 10.2. The second-order valence-electron chi connectivity index (χ2n) is 3.88. The normalized spacial score (nSPS) is 10.6. The van der Waals surface area contributed by atoms with E-state index in [2.05, 4.69) is 10.3 Å². The van der Waals surface area contributed by atoms with Gasteiger partial charge in [-0.2, -0.15) is 0 Å². The molecule has 0 atom stereocenters. The van der Waals surface area contributed by atoms with Crippen molar-refractivity contribution in [3.63, 3.8) is 0 Å². The summed E-state index contributed by atoms with van der Waals surface area (Å²) in [5.41, 5.74) is 0.789. The molecule has 1 aromatic carbocycles. The second kappa shape index (κ2) is 5.75. The molecule has 19 heavy (non-hydrogen) atoms. The van der Waals surface area contributed by atoms with Crippen molar-refractivity contribution >= 4 is 17.3 Å². The molecule has 0 bridgehead atoms. The standard InChI is InChI=1S/C11H10ClFN4O2/c12-4-3-10-7-16(15-14-10)6-8-5-9(13)1-2-11(8)17(18)19/h1-2,5,7H,3-4,6H2. The van der Waals surface area contributed by atoms with E-state index in [1.165, 1.54) is 4.68 Å². The van der Waals surface area contributed by atoms with Gasteiger partial charge in [0.25, 0.3) is 5.69 Å². The van der Waals surface area contributed by atoms with Gasteiger partial charge in [-0.3, -0.25) is 10.1 Å². The second-order valence-corrected chi connectivity index (χ2v) is 4.25. The summed E-state index contributed by atoms with van der Waals surface area (Å²) >= 11 is 5.58. The first-order valence-corrected chi connectivity index (χ1v) is 6.01. The Morgan fingerprint density at radius 2 is 2.26 bits per heavy atom. The molecule has 0 fully saturated rings. The zero-order chi connectivity index (χ0) is 13.8. The molecule has 8 heteroatoms. The monoisotopic (exact) mass is 284 g/mol. The molecule has 0 aliphatic rings. The van der Waals surface area contributed by atoms with Gasteiger partial charge in [0.1, 0.15) is 5.82 Å². The summed E-state index contributed by atoms with van der Waals surface area (Å²) in [6.07, 6.45) is 2.20. The Bertz CT molecular complexity index is 602. The first kappa shape index (κ1) is 13.4. The lowest BCUT2D eigenvalue weighted by Crippen LogP contribution is -2.04. The van der Waals surface area contributed by atoms with Crippen LogP contribution in [0.2, 0.25) is 0 Å². The fourth-order valence-electron chi connectivity index (χ4n) is 1.66. The zero-order valence-electron chi connectivity index (χ0n) is 9.79. The third-order valence-corrected chi connectivity index (χ3v) is 2.70. The molecule has 1 heterocycles. The fraction of sp³-hybridized carbons (Fsp3) is 0.273. The Balaban J connectivity index is 2.26. The molecule has 2 rings (SSSR count). The predicted molar refractivity (Wildman–Crippen MR) is 66.6 cm³/mol. The molecule has 0 spiro atoms. The van der Waals surface area contributed by atoms with Crippen molar-refractivity contribution in [3.05, 3.63) is 51.6 Å². The zero-order valence-corrected chi connectivity index (χ0v) is 10.5. The molecular formula is C11H10ClFN4O2. The van der Waals surface area contributed by atoms with Gasteiger partial charge in [0.2, 0.25) is 0 Å². The lowest BCUT2D eigenvalue weighted by Gasteiger charge is -2.02. The van der Waals surface area contributed by atoms with Crippen LogP contribution >= 0.6 is 11.6 Å². The lowest BCUT2D eigenvalue weighted by molar-refractivity contribution is -0.385. The molecule has 100 valence electrons. The van der Waals surface area contributed by atoms with Gasteiger partial charge in [0.15, 0.2) is 0 Å². The van der Waals surface area contributed by atoms with Crippen molar-refractivity contribution in [1.29, 1.82) is 0 Å². The highest BCUT2D eigenvalue weighted by atomic mass is 35.5. The maximum atomic E-state index is 13.2. The number of nitro groups is 1. The van der Waals surface area contributed by atoms with Crippen LogP contribution in [0.4, 0.5) is 10.1 Å². The van der Waals surface area contributed by atoms with E-state index in [1.54, 1.807) is 6.20 Å². The number of rotatable bonds is 5. The molecule has 6 nitrogen and oxygen atoms in total. The molecule has 0 aliphatic carbocycles. The molecule has 0 aliphatic heterocycles. The SMILES string of the molecule is O=[N+]([O-])c1ccc(F)cc1Cn1cc(CCCl)nn1. The Kier molecular flexibility index (Phi) is 4.06.